The zero-order valence-electron chi connectivity index (χ0n) is 8.47. The zero-order valence-corrected chi connectivity index (χ0v) is 8.47. The molecule has 1 atom stereocenters. The van der Waals surface area contributed by atoms with Gasteiger partial charge in [-0.25, -0.2) is 4.79 Å². The van der Waals surface area contributed by atoms with Crippen LogP contribution in [-0.2, 0) is 14.3 Å². The van der Waals surface area contributed by atoms with Gasteiger partial charge in [0.1, 0.15) is 0 Å². The number of amides is 1. The van der Waals surface area contributed by atoms with Crippen LogP contribution in [0.25, 0.3) is 0 Å². The molecule has 0 fully saturated rings. The predicted octanol–water partition coefficient (Wildman–Crippen LogP) is -1.30. The summed E-state index contributed by atoms with van der Waals surface area (Å²) >= 11 is 0. The fraction of sp³-hybridized carbons (Fsp3) is 0.556. The lowest BCUT2D eigenvalue weighted by Crippen LogP contribution is -2.26. The smallest absolute Gasteiger partial charge is 0.337 e. The second kappa shape index (κ2) is 6.97. The number of carbonyl (C=O) groups is 2. The van der Waals surface area contributed by atoms with Crippen molar-refractivity contribution in [1.29, 1.82) is 0 Å². The van der Waals surface area contributed by atoms with E-state index in [1.54, 1.807) is 6.92 Å². The van der Waals surface area contributed by atoms with E-state index in [9.17, 15) is 9.59 Å². The van der Waals surface area contributed by atoms with Gasteiger partial charge in [-0.3, -0.25) is 4.79 Å². The van der Waals surface area contributed by atoms with Crippen molar-refractivity contribution in [3.63, 3.8) is 0 Å². The summed E-state index contributed by atoms with van der Waals surface area (Å²) in [6, 6.07) is 0. The molecule has 0 radical (unpaired) electrons. The van der Waals surface area contributed by atoms with Crippen LogP contribution in [-0.4, -0.2) is 41.4 Å². The number of hydrogen-bond acceptors (Lipinski definition) is 5. The Morgan fingerprint density at radius 1 is 1.53 bits per heavy atom. The molecule has 0 rings (SSSR count). The van der Waals surface area contributed by atoms with Gasteiger partial charge in [-0.2, -0.15) is 0 Å². The van der Waals surface area contributed by atoms with Crippen LogP contribution in [0.4, 0.5) is 0 Å². The van der Waals surface area contributed by atoms with Gasteiger partial charge in [0.2, 0.25) is 5.91 Å². The molecule has 0 aromatic heterocycles. The maximum absolute atomic E-state index is 10.8. The van der Waals surface area contributed by atoms with Gasteiger partial charge in [0.05, 0.1) is 13.2 Å². The van der Waals surface area contributed by atoms with Crippen molar-refractivity contribution in [2.75, 3.05) is 13.2 Å². The Balaban J connectivity index is 3.76. The minimum absolute atomic E-state index is 0.0283. The molecule has 4 N–H and O–H groups in total. The number of rotatable bonds is 6. The van der Waals surface area contributed by atoms with E-state index < -0.39 is 24.6 Å². The number of aliphatic hydroxyl groups is 2. The summed E-state index contributed by atoms with van der Waals surface area (Å²) < 4.78 is 4.58. The summed E-state index contributed by atoms with van der Waals surface area (Å²) in [5.74, 6) is -1.42. The Kier molecular flexibility index (Phi) is 6.32. The summed E-state index contributed by atoms with van der Waals surface area (Å²) in [4.78, 5) is 21.4. The van der Waals surface area contributed by atoms with Crippen molar-refractivity contribution in [3.05, 3.63) is 11.6 Å². The first-order valence-electron chi connectivity index (χ1n) is 4.41. The van der Waals surface area contributed by atoms with E-state index in [0.717, 1.165) is 0 Å². The van der Waals surface area contributed by atoms with Gasteiger partial charge in [-0.1, -0.05) is 6.08 Å². The van der Waals surface area contributed by atoms with Crippen LogP contribution in [0.2, 0.25) is 0 Å². The van der Waals surface area contributed by atoms with Crippen molar-refractivity contribution >= 4 is 11.9 Å². The predicted molar refractivity (Wildman–Crippen MR) is 51.6 cm³/mol. The molecule has 0 heterocycles. The van der Waals surface area contributed by atoms with Crippen LogP contribution >= 0.6 is 0 Å². The molecule has 6 nitrogen and oxygen atoms in total. The average Bonchev–Trinajstić information content (AvgIpc) is 2.22. The molecule has 15 heavy (non-hydrogen) atoms. The Bertz CT molecular complexity index is 261. The summed E-state index contributed by atoms with van der Waals surface area (Å²) in [5.41, 5.74) is 5.34. The zero-order chi connectivity index (χ0) is 11.8. The second-order valence-corrected chi connectivity index (χ2v) is 2.91. The van der Waals surface area contributed by atoms with Crippen LogP contribution < -0.4 is 5.73 Å². The van der Waals surface area contributed by atoms with Crippen LogP contribution in [0, 0.1) is 0 Å². The van der Waals surface area contributed by atoms with Crippen LogP contribution in [0.3, 0.4) is 0 Å². The van der Waals surface area contributed by atoms with Crippen LogP contribution in [0.1, 0.15) is 13.3 Å². The monoisotopic (exact) mass is 217 g/mol. The van der Waals surface area contributed by atoms with Crippen molar-refractivity contribution in [3.8, 4) is 0 Å². The van der Waals surface area contributed by atoms with E-state index in [4.69, 9.17) is 15.9 Å². The van der Waals surface area contributed by atoms with E-state index >= 15 is 0 Å². The lowest BCUT2D eigenvalue weighted by molar-refractivity contribution is -0.155. The molecule has 86 valence electrons. The van der Waals surface area contributed by atoms with Gasteiger partial charge in [-0.05, 0) is 6.92 Å². The molecule has 0 aliphatic carbocycles. The Morgan fingerprint density at radius 3 is 2.60 bits per heavy atom. The molecule has 0 bridgehead atoms. The first-order chi connectivity index (χ1) is 6.99. The maximum atomic E-state index is 10.8. The third-order valence-electron chi connectivity index (χ3n) is 1.65. The number of primary amides is 1. The molecule has 0 aromatic carbocycles. The first-order valence-corrected chi connectivity index (χ1v) is 4.41. The highest BCUT2D eigenvalue weighted by atomic mass is 16.5. The maximum Gasteiger partial charge on any atom is 0.337 e. The highest BCUT2D eigenvalue weighted by molar-refractivity contribution is 5.91. The van der Waals surface area contributed by atoms with Crippen LogP contribution in [0.15, 0.2) is 11.6 Å². The quantitative estimate of drug-likeness (QED) is 0.291. The minimum Gasteiger partial charge on any atom is -0.463 e. The van der Waals surface area contributed by atoms with E-state index in [0.29, 0.717) is 12.0 Å². The molecule has 0 saturated heterocycles. The Hall–Kier alpha value is -1.40. The Morgan fingerprint density at radius 2 is 2.13 bits per heavy atom. The lowest BCUT2D eigenvalue weighted by atomic mass is 10.2. The summed E-state index contributed by atoms with van der Waals surface area (Å²) in [5, 5.41) is 17.2. The molecule has 1 unspecified atom stereocenters. The number of hydrogen-bond donors (Lipinski definition) is 3. The van der Waals surface area contributed by atoms with Gasteiger partial charge in [0, 0.05) is 12.0 Å². The summed E-state index contributed by atoms with van der Waals surface area (Å²) in [6.07, 6.45) is 0.353. The summed E-state index contributed by atoms with van der Waals surface area (Å²) in [6.45, 7) is 0.905. The van der Waals surface area contributed by atoms with Crippen molar-refractivity contribution in [2.24, 2.45) is 5.73 Å². The third-order valence-corrected chi connectivity index (χ3v) is 1.65. The lowest BCUT2D eigenvalue weighted by Gasteiger charge is -2.06. The fourth-order valence-corrected chi connectivity index (χ4v) is 0.706. The number of nitrogens with two attached hydrogens (primary N) is 1. The molecule has 0 spiro atoms. The van der Waals surface area contributed by atoms with Gasteiger partial charge < -0.3 is 20.7 Å². The van der Waals surface area contributed by atoms with Crippen LogP contribution in [0.5, 0.6) is 0 Å². The fourth-order valence-electron chi connectivity index (χ4n) is 0.706. The van der Waals surface area contributed by atoms with Crippen molar-refractivity contribution in [2.45, 2.75) is 19.4 Å². The van der Waals surface area contributed by atoms with E-state index in [1.807, 2.05) is 0 Å². The molecule has 0 aliphatic rings. The number of aliphatic hydroxyl groups excluding tert-OH is 2. The standard InChI is InChI=1S/C9H15NO5/c1-6(8(10)13)3-2-4-15-9(14)7(12)5-11/h3,7,11-12H,2,4-5H2,1H3,(H2,10,13). The molecular formula is C9H15NO5. The number of esters is 1. The largest absolute Gasteiger partial charge is 0.463 e. The molecular weight excluding hydrogens is 202 g/mol. The average molecular weight is 217 g/mol. The van der Waals surface area contributed by atoms with Gasteiger partial charge in [-0.15, -0.1) is 0 Å². The van der Waals surface area contributed by atoms with Crippen molar-refractivity contribution in [1.82, 2.24) is 0 Å². The molecule has 0 aromatic rings. The number of ether oxygens (including phenoxy) is 1. The van der Waals surface area contributed by atoms with Gasteiger partial charge in [0.15, 0.2) is 6.10 Å². The third kappa shape index (κ3) is 5.82. The molecule has 0 saturated carbocycles. The van der Waals surface area contributed by atoms with Crippen molar-refractivity contribution < 1.29 is 24.5 Å². The Labute approximate surface area is 87.3 Å². The molecule has 6 heteroatoms. The van der Waals surface area contributed by atoms with E-state index in [1.165, 1.54) is 6.08 Å². The van der Waals surface area contributed by atoms with Gasteiger partial charge >= 0.3 is 5.97 Å². The molecule has 1 amide bonds. The van der Waals surface area contributed by atoms with Gasteiger partial charge in [0.25, 0.3) is 0 Å². The topological polar surface area (TPSA) is 110 Å². The highest BCUT2D eigenvalue weighted by Crippen LogP contribution is 1.96. The number of carbonyl (C=O) groups excluding carboxylic acids is 2. The molecule has 0 aliphatic heterocycles. The first kappa shape index (κ1) is 13.6. The SMILES string of the molecule is CC(=CCCOC(=O)C(O)CO)C(N)=O. The highest BCUT2D eigenvalue weighted by Gasteiger charge is 2.14. The second-order valence-electron chi connectivity index (χ2n) is 2.91. The summed E-state index contributed by atoms with van der Waals surface area (Å²) in [7, 11) is 0. The van der Waals surface area contributed by atoms with E-state index in [-0.39, 0.29) is 6.61 Å². The minimum atomic E-state index is -1.51. The van der Waals surface area contributed by atoms with E-state index in [2.05, 4.69) is 4.74 Å². The normalized spacial score (nSPS) is 13.4.